The second-order valence-electron chi connectivity index (χ2n) is 6.44. The zero-order valence-corrected chi connectivity index (χ0v) is 14.7. The van der Waals surface area contributed by atoms with Crippen LogP contribution in [0.4, 0.5) is 0 Å². The van der Waals surface area contributed by atoms with Crippen molar-refractivity contribution >= 4 is 18.7 Å². The molecule has 128 valence electrons. The van der Waals surface area contributed by atoms with Crippen LogP contribution >= 0.6 is 11.6 Å². The van der Waals surface area contributed by atoms with Crippen LogP contribution in [-0.4, -0.2) is 48.2 Å². The molecule has 2 rings (SSSR count). The predicted octanol–water partition coefficient (Wildman–Crippen LogP) is 2.32. The first-order valence-electron chi connectivity index (χ1n) is 8.62. The number of hydrogen-bond donors (Lipinski definition) is 3. The molecule has 4 nitrogen and oxygen atoms in total. The van der Waals surface area contributed by atoms with Crippen LogP contribution in [0.2, 0.25) is 11.3 Å². The van der Waals surface area contributed by atoms with Crippen LogP contribution < -0.4 is 5.32 Å². The molecule has 1 unspecified atom stereocenters. The van der Waals surface area contributed by atoms with Gasteiger partial charge in [0, 0.05) is 24.2 Å². The van der Waals surface area contributed by atoms with Gasteiger partial charge in [-0.05, 0) is 56.4 Å². The molecule has 0 radical (unpaired) electrons. The Labute approximate surface area is 145 Å². The molecule has 1 aliphatic heterocycles. The highest BCUT2D eigenvalue weighted by atomic mass is 35.5. The Kier molecular flexibility index (Phi) is 7.86. The summed E-state index contributed by atoms with van der Waals surface area (Å²) in [6.07, 6.45) is 5.61. The highest BCUT2D eigenvalue weighted by Gasteiger charge is 2.19. The second-order valence-corrected chi connectivity index (χ2v) is 6.85. The van der Waals surface area contributed by atoms with Crippen LogP contribution in [0.1, 0.15) is 36.8 Å². The number of nitrogens with one attached hydrogen (secondary N) is 1. The lowest BCUT2D eigenvalue weighted by Gasteiger charge is -2.30. The molecule has 1 aromatic rings. The Morgan fingerprint density at radius 1 is 1.30 bits per heavy atom. The minimum absolute atomic E-state index is 0.472. The van der Waals surface area contributed by atoms with Crippen LogP contribution in [-0.2, 0) is 13.0 Å². The maximum absolute atomic E-state index is 8.87. The summed E-state index contributed by atoms with van der Waals surface area (Å²) in [4.78, 5) is 2.50. The van der Waals surface area contributed by atoms with E-state index in [1.165, 1.54) is 11.1 Å². The van der Waals surface area contributed by atoms with Crippen LogP contribution in [0, 0.1) is 0 Å². The fourth-order valence-electron chi connectivity index (χ4n) is 3.30. The summed E-state index contributed by atoms with van der Waals surface area (Å²) in [6.45, 7) is 3.15. The van der Waals surface area contributed by atoms with E-state index in [1.54, 1.807) is 0 Å². The maximum Gasteiger partial charge on any atom is 0.451 e. The van der Waals surface area contributed by atoms with Gasteiger partial charge in [-0.15, -0.1) is 0 Å². The minimum Gasteiger partial charge on any atom is -0.427 e. The van der Waals surface area contributed by atoms with Crippen LogP contribution in [0.15, 0.2) is 18.2 Å². The first-order chi connectivity index (χ1) is 11.1. The average Bonchev–Trinajstić information content (AvgIpc) is 2.54. The number of rotatable bonds is 9. The number of fused-ring (bicyclic) bond motifs is 1. The van der Waals surface area contributed by atoms with Gasteiger partial charge < -0.3 is 15.4 Å². The van der Waals surface area contributed by atoms with Crippen molar-refractivity contribution in [1.29, 1.82) is 0 Å². The lowest BCUT2D eigenvalue weighted by Crippen LogP contribution is -2.35. The van der Waals surface area contributed by atoms with E-state index in [0.29, 0.717) is 12.4 Å². The van der Waals surface area contributed by atoms with Crippen molar-refractivity contribution < 1.29 is 10.0 Å². The van der Waals surface area contributed by atoms with Gasteiger partial charge in [0.1, 0.15) is 0 Å². The Bertz CT molecular complexity index is 488. The standard InChI is InChI=1S/C17H28BClN2O2/c1-20-15(6-2-3-10-18(22)23)8-11-21-12-9-16-14(13-21)5-4-7-17(16)19/h4-5,7,15,20,22-23H,2-3,6,8-13H2,1H3. The third-order valence-electron chi connectivity index (χ3n) is 4.75. The first-order valence-corrected chi connectivity index (χ1v) is 9.00. The number of nitrogens with zero attached hydrogens (tertiary/aromatic N) is 1. The predicted molar refractivity (Wildman–Crippen MR) is 96.7 cm³/mol. The van der Waals surface area contributed by atoms with Crippen molar-refractivity contribution in [3.05, 3.63) is 34.3 Å². The first kappa shape index (κ1) is 18.7. The van der Waals surface area contributed by atoms with Gasteiger partial charge in [0.15, 0.2) is 0 Å². The molecule has 6 heteroatoms. The topological polar surface area (TPSA) is 55.7 Å². The molecular weight excluding hydrogens is 310 g/mol. The lowest BCUT2D eigenvalue weighted by atomic mass is 9.83. The van der Waals surface area contributed by atoms with E-state index in [1.807, 2.05) is 19.2 Å². The van der Waals surface area contributed by atoms with Crippen molar-refractivity contribution in [2.24, 2.45) is 0 Å². The summed E-state index contributed by atoms with van der Waals surface area (Å²) in [5.74, 6) is 0. The van der Waals surface area contributed by atoms with Gasteiger partial charge in [0.05, 0.1) is 0 Å². The molecule has 23 heavy (non-hydrogen) atoms. The van der Waals surface area contributed by atoms with Gasteiger partial charge in [0.2, 0.25) is 0 Å². The fourth-order valence-corrected chi connectivity index (χ4v) is 3.59. The summed E-state index contributed by atoms with van der Waals surface area (Å²) in [7, 11) is 0.847. The quantitative estimate of drug-likeness (QED) is 0.478. The van der Waals surface area contributed by atoms with Crippen molar-refractivity contribution in [2.75, 3.05) is 20.1 Å². The lowest BCUT2D eigenvalue weighted by molar-refractivity contribution is 0.237. The van der Waals surface area contributed by atoms with E-state index >= 15 is 0 Å². The Morgan fingerprint density at radius 2 is 2.13 bits per heavy atom. The van der Waals surface area contributed by atoms with E-state index in [-0.39, 0.29) is 0 Å². The highest BCUT2D eigenvalue weighted by molar-refractivity contribution is 6.40. The summed E-state index contributed by atoms with van der Waals surface area (Å²) < 4.78 is 0. The molecule has 0 aliphatic carbocycles. The molecule has 1 heterocycles. The molecule has 0 amide bonds. The van der Waals surface area contributed by atoms with E-state index < -0.39 is 7.12 Å². The van der Waals surface area contributed by atoms with Gasteiger partial charge in [-0.25, -0.2) is 0 Å². The van der Waals surface area contributed by atoms with Gasteiger partial charge in [-0.1, -0.05) is 36.6 Å². The summed E-state index contributed by atoms with van der Waals surface area (Å²) >= 11 is 6.27. The van der Waals surface area contributed by atoms with Gasteiger partial charge >= 0.3 is 7.12 Å². The van der Waals surface area contributed by atoms with E-state index in [0.717, 1.165) is 56.8 Å². The van der Waals surface area contributed by atoms with Gasteiger partial charge in [-0.2, -0.15) is 0 Å². The SMILES string of the molecule is CNC(CCCCB(O)O)CCN1CCc2c(Cl)cccc2C1. The largest absolute Gasteiger partial charge is 0.451 e. The molecule has 0 saturated carbocycles. The molecule has 0 fully saturated rings. The zero-order valence-electron chi connectivity index (χ0n) is 14.0. The summed E-state index contributed by atoms with van der Waals surface area (Å²) in [6, 6.07) is 6.70. The molecule has 0 spiro atoms. The molecule has 1 aliphatic rings. The third kappa shape index (κ3) is 6.09. The number of benzene rings is 1. The normalized spacial score (nSPS) is 16.2. The minimum atomic E-state index is -1.16. The van der Waals surface area contributed by atoms with E-state index in [4.69, 9.17) is 21.6 Å². The monoisotopic (exact) mass is 338 g/mol. The third-order valence-corrected chi connectivity index (χ3v) is 5.11. The van der Waals surface area contributed by atoms with Gasteiger partial charge in [-0.3, -0.25) is 4.90 Å². The Hall–Kier alpha value is -0.585. The Morgan fingerprint density at radius 3 is 2.87 bits per heavy atom. The van der Waals surface area contributed by atoms with Crippen molar-refractivity contribution in [1.82, 2.24) is 10.2 Å². The van der Waals surface area contributed by atoms with E-state index in [9.17, 15) is 0 Å². The zero-order chi connectivity index (χ0) is 16.7. The molecule has 1 atom stereocenters. The summed E-state index contributed by atoms with van der Waals surface area (Å²) in [5, 5.41) is 22.0. The smallest absolute Gasteiger partial charge is 0.427 e. The summed E-state index contributed by atoms with van der Waals surface area (Å²) in [5.41, 5.74) is 2.68. The number of unbranched alkanes of at least 4 members (excludes halogenated alkanes) is 1. The van der Waals surface area contributed by atoms with Crippen LogP contribution in [0.5, 0.6) is 0 Å². The molecule has 0 aromatic heterocycles. The van der Waals surface area contributed by atoms with Crippen molar-refractivity contribution in [3.63, 3.8) is 0 Å². The molecule has 1 aromatic carbocycles. The Balaban J connectivity index is 1.72. The fraction of sp³-hybridized carbons (Fsp3) is 0.647. The second kappa shape index (κ2) is 9.65. The maximum atomic E-state index is 8.87. The van der Waals surface area contributed by atoms with E-state index in [2.05, 4.69) is 16.3 Å². The van der Waals surface area contributed by atoms with Gasteiger partial charge in [0.25, 0.3) is 0 Å². The highest BCUT2D eigenvalue weighted by Crippen LogP contribution is 2.26. The molecular formula is C17H28BClN2O2. The van der Waals surface area contributed by atoms with Crippen LogP contribution in [0.3, 0.4) is 0 Å². The molecule has 3 N–H and O–H groups in total. The van der Waals surface area contributed by atoms with Crippen molar-refractivity contribution in [2.45, 2.75) is 51.0 Å². The average molecular weight is 339 g/mol. The van der Waals surface area contributed by atoms with Crippen LogP contribution in [0.25, 0.3) is 0 Å². The van der Waals surface area contributed by atoms with Crippen molar-refractivity contribution in [3.8, 4) is 0 Å². The number of halogens is 1. The molecule has 0 bridgehead atoms. The number of hydrogen-bond acceptors (Lipinski definition) is 4. The molecule has 0 saturated heterocycles.